The molecule has 1 aromatic heterocycles. The van der Waals surface area contributed by atoms with Gasteiger partial charge in [-0.1, -0.05) is 62.3 Å². The zero-order chi connectivity index (χ0) is 35.2. The topological polar surface area (TPSA) is 156 Å². The van der Waals surface area contributed by atoms with Crippen LogP contribution in [-0.2, 0) is 29.1 Å². The Labute approximate surface area is 279 Å². The van der Waals surface area contributed by atoms with Crippen LogP contribution in [0.3, 0.4) is 0 Å². The van der Waals surface area contributed by atoms with Gasteiger partial charge in [-0.3, -0.25) is 0 Å². The predicted molar refractivity (Wildman–Crippen MR) is 177 cm³/mol. The zero-order valence-corrected chi connectivity index (χ0v) is 29.9. The van der Waals surface area contributed by atoms with Crippen molar-refractivity contribution in [2.24, 2.45) is 38.4 Å². The normalized spacial score (nSPS) is 34.3. The Hall–Kier alpha value is -3.52. The molecule has 1 aromatic rings. The van der Waals surface area contributed by atoms with Crippen LogP contribution in [-0.4, -0.2) is 25.9 Å². The average Bonchev–Trinajstić information content (AvgIpc) is 2.88. The molecule has 6 atom stereocenters. The van der Waals surface area contributed by atoms with E-state index in [9.17, 15) is 30.2 Å². The first kappa shape index (κ1) is 36.3. The van der Waals surface area contributed by atoms with Crippen molar-refractivity contribution in [3.63, 3.8) is 0 Å². The number of nitrogens with zero attached hydrogens (tertiary/aromatic N) is 6. The molecule has 0 spiro atoms. The third kappa shape index (κ3) is 8.32. The van der Waals surface area contributed by atoms with Gasteiger partial charge in [0.15, 0.2) is 0 Å². The van der Waals surface area contributed by atoms with E-state index in [1.54, 1.807) is 0 Å². The van der Waals surface area contributed by atoms with Crippen LogP contribution in [0.15, 0.2) is 14.4 Å². The number of hydrogen-bond acceptors (Lipinski definition) is 8. The Balaban J connectivity index is 1.86. The lowest BCUT2D eigenvalue weighted by molar-refractivity contribution is -0.0236. The number of aromatic nitrogens is 3. The van der Waals surface area contributed by atoms with Gasteiger partial charge in [0.05, 0.1) is 6.07 Å². The van der Waals surface area contributed by atoms with Gasteiger partial charge in [-0.25, -0.2) is 28.1 Å². The minimum Gasteiger partial charge on any atom is -0.424 e. The summed E-state index contributed by atoms with van der Waals surface area (Å²) in [5, 5.41) is 28.5. The molecular formula is C36H54N6O5. The molecule has 0 amide bonds. The van der Waals surface area contributed by atoms with E-state index in [1.807, 2.05) is 33.3 Å². The van der Waals surface area contributed by atoms with Crippen molar-refractivity contribution in [2.45, 2.75) is 152 Å². The van der Waals surface area contributed by atoms with Gasteiger partial charge in [0.2, 0.25) is 0 Å². The van der Waals surface area contributed by atoms with Crippen molar-refractivity contribution >= 4 is 0 Å². The van der Waals surface area contributed by atoms with Crippen LogP contribution in [0.1, 0.15) is 120 Å². The lowest BCUT2D eigenvalue weighted by Crippen LogP contribution is -2.59. The molecule has 3 aliphatic rings. The van der Waals surface area contributed by atoms with E-state index in [0.29, 0.717) is 44.9 Å². The summed E-state index contributed by atoms with van der Waals surface area (Å²) in [6.07, 6.45) is 8.73. The molecular weight excluding hydrogens is 596 g/mol. The first-order valence-electron chi connectivity index (χ1n) is 17.0. The summed E-state index contributed by atoms with van der Waals surface area (Å²) in [5.41, 5.74) is -4.12. The van der Waals surface area contributed by atoms with E-state index in [4.69, 9.17) is 9.47 Å². The lowest BCUT2D eigenvalue weighted by atomic mass is 9.61. The predicted octanol–water partition coefficient (Wildman–Crippen LogP) is 5.69. The van der Waals surface area contributed by atoms with Crippen LogP contribution in [0.2, 0.25) is 0 Å². The van der Waals surface area contributed by atoms with Crippen LogP contribution in [0.5, 0.6) is 0 Å². The lowest BCUT2D eigenvalue weighted by Gasteiger charge is -2.46. The molecule has 6 unspecified atom stereocenters. The molecule has 0 radical (unpaired) electrons. The molecule has 0 saturated heterocycles. The van der Waals surface area contributed by atoms with Crippen LogP contribution in [0.25, 0.3) is 0 Å². The molecule has 47 heavy (non-hydrogen) atoms. The molecule has 3 fully saturated rings. The van der Waals surface area contributed by atoms with Crippen molar-refractivity contribution in [2.75, 3.05) is 0 Å². The summed E-state index contributed by atoms with van der Waals surface area (Å²) < 4.78 is 14.5. The van der Waals surface area contributed by atoms with Crippen molar-refractivity contribution in [3.8, 4) is 18.6 Å². The molecule has 3 aliphatic carbocycles. The molecule has 0 aliphatic heterocycles. The van der Waals surface area contributed by atoms with Gasteiger partial charge < -0.3 is 9.47 Å². The summed E-state index contributed by atoms with van der Waals surface area (Å²) in [4.78, 5) is 43.2. The van der Waals surface area contributed by atoms with E-state index in [2.05, 4.69) is 47.6 Å². The fourth-order valence-corrected chi connectivity index (χ4v) is 10.7. The zero-order valence-electron chi connectivity index (χ0n) is 29.9. The van der Waals surface area contributed by atoms with E-state index >= 15 is 0 Å². The second kappa shape index (κ2) is 12.5. The third-order valence-corrected chi connectivity index (χ3v) is 10.9. The third-order valence-electron chi connectivity index (χ3n) is 10.9. The van der Waals surface area contributed by atoms with Crippen molar-refractivity contribution in [3.05, 3.63) is 31.5 Å². The highest BCUT2D eigenvalue weighted by molar-refractivity contribution is 5.01. The molecule has 258 valence electrons. The van der Waals surface area contributed by atoms with E-state index in [0.717, 1.165) is 12.8 Å². The minimum atomic E-state index is -0.648. The maximum Gasteiger partial charge on any atom is 0.336 e. The summed E-state index contributed by atoms with van der Waals surface area (Å²) in [6, 6.07) is 2.43. The molecule has 11 nitrogen and oxygen atoms in total. The van der Waals surface area contributed by atoms with Gasteiger partial charge in [-0.15, -0.1) is 0 Å². The Bertz CT molecular complexity index is 1570. The SMILES string of the molecule is CC1(C)CC(C#N)CC(C)(Cn2c(=O)n(CC3(C)CC(OC#N)CC(C)(C)C3)c(=O)n(CC3(C)CC(OC#N)CC(C)(C)C3)c2=O)C1. The maximum atomic E-state index is 14.4. The fraction of sp³-hybridized carbons (Fsp3) is 0.833. The van der Waals surface area contributed by atoms with E-state index in [1.165, 1.54) is 13.7 Å². The van der Waals surface area contributed by atoms with E-state index < -0.39 is 33.3 Å². The summed E-state index contributed by atoms with van der Waals surface area (Å²) in [7, 11) is 0. The van der Waals surface area contributed by atoms with Crippen LogP contribution in [0.4, 0.5) is 0 Å². The Kier molecular flexibility index (Phi) is 9.66. The number of rotatable bonds is 8. The highest BCUT2D eigenvalue weighted by atomic mass is 16.5. The Morgan fingerprint density at radius 1 is 0.553 bits per heavy atom. The quantitative estimate of drug-likeness (QED) is 0.325. The molecule has 3 saturated carbocycles. The molecule has 0 aromatic carbocycles. The van der Waals surface area contributed by atoms with Gasteiger partial charge in [0, 0.05) is 25.6 Å². The standard InChI is InChI=1S/C36H54N6O5/c1-31(2)10-25(16-37)11-34(7,17-31)20-40-28(43)41(21-35(8)14-26(46-23-38)12-32(3,4)18-35)30(45)42(29(40)44)22-36(9)15-27(47-24-39)13-33(5,6)19-36/h25-27H,10-15,17-22H2,1-9H3. The van der Waals surface area contributed by atoms with E-state index in [-0.39, 0.29) is 54.0 Å². The minimum absolute atomic E-state index is 0.0745. The Morgan fingerprint density at radius 2 is 0.872 bits per heavy atom. The van der Waals surface area contributed by atoms with Crippen molar-refractivity contribution in [1.82, 2.24) is 13.7 Å². The summed E-state index contributed by atoms with van der Waals surface area (Å²) in [5.74, 6) is -0.200. The largest absolute Gasteiger partial charge is 0.424 e. The van der Waals surface area contributed by atoms with Gasteiger partial charge in [0.25, 0.3) is 12.5 Å². The van der Waals surface area contributed by atoms with Crippen LogP contribution in [0, 0.1) is 72.8 Å². The molecule has 1 heterocycles. The first-order chi connectivity index (χ1) is 21.6. The number of ether oxygens (including phenoxy) is 2. The van der Waals surface area contributed by atoms with Gasteiger partial charge in [0.1, 0.15) is 12.2 Å². The summed E-state index contributed by atoms with van der Waals surface area (Å²) in [6.45, 7) is 19.0. The second-order valence-electron chi connectivity index (χ2n) is 18.8. The maximum absolute atomic E-state index is 14.4. The monoisotopic (exact) mass is 650 g/mol. The van der Waals surface area contributed by atoms with Gasteiger partial charge in [-0.05, 0) is 90.3 Å². The van der Waals surface area contributed by atoms with Gasteiger partial charge in [-0.2, -0.15) is 15.8 Å². The van der Waals surface area contributed by atoms with Crippen LogP contribution < -0.4 is 17.1 Å². The first-order valence-corrected chi connectivity index (χ1v) is 17.0. The molecule has 0 bridgehead atoms. The highest BCUT2D eigenvalue weighted by Gasteiger charge is 2.46. The Morgan fingerprint density at radius 3 is 1.19 bits per heavy atom. The number of hydrogen-bond donors (Lipinski definition) is 0. The van der Waals surface area contributed by atoms with Crippen LogP contribution >= 0.6 is 0 Å². The number of nitriles is 3. The second-order valence-corrected chi connectivity index (χ2v) is 18.8. The fourth-order valence-electron chi connectivity index (χ4n) is 10.7. The molecule has 11 heteroatoms. The summed E-state index contributed by atoms with van der Waals surface area (Å²) >= 11 is 0. The van der Waals surface area contributed by atoms with Gasteiger partial charge >= 0.3 is 17.1 Å². The molecule has 0 N–H and O–H groups in total. The highest BCUT2D eigenvalue weighted by Crippen LogP contribution is 2.50. The van der Waals surface area contributed by atoms with Crippen molar-refractivity contribution in [1.29, 1.82) is 15.8 Å². The average molecular weight is 651 g/mol. The molecule has 4 rings (SSSR count). The smallest absolute Gasteiger partial charge is 0.336 e. The van der Waals surface area contributed by atoms with Crippen molar-refractivity contribution < 1.29 is 9.47 Å².